The van der Waals surface area contributed by atoms with Crippen molar-refractivity contribution in [2.75, 3.05) is 31.6 Å². The molecule has 1 aliphatic heterocycles. The van der Waals surface area contributed by atoms with Crippen LogP contribution in [0.2, 0.25) is 0 Å². The summed E-state index contributed by atoms with van der Waals surface area (Å²) in [6.45, 7) is 2.93. The van der Waals surface area contributed by atoms with Crippen LogP contribution in [0.3, 0.4) is 0 Å². The Morgan fingerprint density at radius 2 is 1.91 bits per heavy atom. The number of nitrogens with zero attached hydrogens (tertiary/aromatic N) is 3. The third kappa shape index (κ3) is 3.44. The van der Waals surface area contributed by atoms with E-state index in [0.29, 0.717) is 25.9 Å². The van der Waals surface area contributed by atoms with E-state index in [2.05, 4.69) is 0 Å². The molecule has 0 spiro atoms. The van der Waals surface area contributed by atoms with Crippen LogP contribution in [0.5, 0.6) is 0 Å². The van der Waals surface area contributed by atoms with Crippen molar-refractivity contribution in [1.29, 1.82) is 0 Å². The summed E-state index contributed by atoms with van der Waals surface area (Å²) in [7, 11) is 1.60. The molecule has 1 saturated heterocycles. The lowest BCUT2D eigenvalue weighted by atomic mass is 10.2. The minimum absolute atomic E-state index is 0.00106. The second kappa shape index (κ2) is 7.06. The van der Waals surface area contributed by atoms with Gasteiger partial charge in [0.05, 0.1) is 0 Å². The first-order valence-electron chi connectivity index (χ1n) is 7.45. The minimum Gasteiger partial charge on any atom is -0.318 e. The topological polar surface area (TPSA) is 60.9 Å². The molecule has 1 aliphatic rings. The Labute approximate surface area is 130 Å². The van der Waals surface area contributed by atoms with E-state index in [4.69, 9.17) is 0 Å². The van der Waals surface area contributed by atoms with Crippen LogP contribution in [0.1, 0.15) is 19.8 Å². The Morgan fingerprint density at radius 1 is 1.23 bits per heavy atom. The van der Waals surface area contributed by atoms with Crippen LogP contribution < -0.4 is 4.90 Å². The highest BCUT2D eigenvalue weighted by molar-refractivity contribution is 6.01. The van der Waals surface area contributed by atoms with Crippen LogP contribution in [0.15, 0.2) is 30.3 Å². The predicted octanol–water partition coefficient (Wildman–Crippen LogP) is 1.71. The highest BCUT2D eigenvalue weighted by Gasteiger charge is 2.32. The molecule has 1 heterocycles. The minimum atomic E-state index is -0.284. The molecular weight excluding hydrogens is 282 g/mol. The van der Waals surface area contributed by atoms with Gasteiger partial charge in [-0.2, -0.15) is 0 Å². The first kappa shape index (κ1) is 16.0. The van der Waals surface area contributed by atoms with Crippen molar-refractivity contribution in [3.8, 4) is 0 Å². The molecule has 4 amide bonds. The van der Waals surface area contributed by atoms with Gasteiger partial charge in [-0.05, 0) is 25.5 Å². The van der Waals surface area contributed by atoms with E-state index in [-0.39, 0.29) is 24.4 Å². The van der Waals surface area contributed by atoms with Gasteiger partial charge in [-0.25, -0.2) is 4.79 Å². The average molecular weight is 303 g/mol. The number of hydrogen-bond acceptors (Lipinski definition) is 3. The average Bonchev–Trinajstić information content (AvgIpc) is 2.75. The summed E-state index contributed by atoms with van der Waals surface area (Å²) in [6, 6.07) is 9.19. The van der Waals surface area contributed by atoms with Gasteiger partial charge in [0.1, 0.15) is 6.54 Å². The summed E-state index contributed by atoms with van der Waals surface area (Å²) < 4.78 is 0. The molecule has 0 bridgehead atoms. The maximum Gasteiger partial charge on any atom is 0.326 e. The lowest BCUT2D eigenvalue weighted by Crippen LogP contribution is -2.34. The fourth-order valence-corrected chi connectivity index (χ4v) is 2.52. The number of rotatable bonds is 6. The molecule has 6 nitrogen and oxygen atoms in total. The molecule has 0 atom stereocenters. The fourth-order valence-electron chi connectivity index (χ4n) is 2.52. The molecule has 0 unspecified atom stereocenters. The number of anilines is 1. The molecule has 0 radical (unpaired) electrons. The lowest BCUT2D eigenvalue weighted by molar-refractivity contribution is -0.126. The lowest BCUT2D eigenvalue weighted by Gasteiger charge is -2.21. The van der Waals surface area contributed by atoms with Crippen molar-refractivity contribution < 1.29 is 14.4 Å². The molecule has 1 fully saturated rings. The summed E-state index contributed by atoms with van der Waals surface area (Å²) in [5, 5.41) is 0. The van der Waals surface area contributed by atoms with E-state index in [1.165, 1.54) is 9.80 Å². The second-order valence-corrected chi connectivity index (χ2v) is 5.26. The van der Waals surface area contributed by atoms with Crippen molar-refractivity contribution >= 4 is 23.5 Å². The molecule has 118 valence electrons. The molecule has 0 aromatic heterocycles. The van der Waals surface area contributed by atoms with Crippen molar-refractivity contribution in [1.82, 2.24) is 9.80 Å². The van der Waals surface area contributed by atoms with Crippen LogP contribution in [-0.2, 0) is 9.59 Å². The van der Waals surface area contributed by atoms with Gasteiger partial charge in [-0.15, -0.1) is 0 Å². The maximum absolute atomic E-state index is 12.3. The van der Waals surface area contributed by atoms with Crippen molar-refractivity contribution in [3.63, 3.8) is 0 Å². The van der Waals surface area contributed by atoms with Crippen LogP contribution in [0, 0.1) is 0 Å². The number of hydrogen-bond donors (Lipinski definition) is 0. The maximum atomic E-state index is 12.3. The number of para-hydroxylation sites is 1. The molecule has 0 saturated carbocycles. The molecule has 0 aliphatic carbocycles. The summed E-state index contributed by atoms with van der Waals surface area (Å²) in [5.41, 5.74) is 0.864. The highest BCUT2D eigenvalue weighted by atomic mass is 16.2. The van der Waals surface area contributed by atoms with E-state index < -0.39 is 0 Å². The third-order valence-corrected chi connectivity index (χ3v) is 3.69. The van der Waals surface area contributed by atoms with Crippen molar-refractivity contribution in [3.05, 3.63) is 30.3 Å². The van der Waals surface area contributed by atoms with E-state index in [9.17, 15) is 14.4 Å². The van der Waals surface area contributed by atoms with Gasteiger partial charge >= 0.3 is 6.03 Å². The molecule has 22 heavy (non-hydrogen) atoms. The van der Waals surface area contributed by atoms with Gasteiger partial charge in [-0.3, -0.25) is 14.5 Å². The number of carbonyl (C=O) groups is 3. The van der Waals surface area contributed by atoms with E-state index in [1.54, 1.807) is 11.9 Å². The van der Waals surface area contributed by atoms with Gasteiger partial charge in [-0.1, -0.05) is 18.2 Å². The van der Waals surface area contributed by atoms with E-state index >= 15 is 0 Å². The molecule has 0 N–H and O–H groups in total. The number of likely N-dealkylation sites (N-methyl/N-ethyl adjacent to an activating group) is 1. The van der Waals surface area contributed by atoms with E-state index in [1.807, 2.05) is 37.3 Å². The first-order valence-corrected chi connectivity index (χ1v) is 7.45. The Hall–Kier alpha value is -2.37. The number of amides is 4. The summed E-state index contributed by atoms with van der Waals surface area (Å²) in [4.78, 5) is 40.0. The summed E-state index contributed by atoms with van der Waals surface area (Å²) in [5.74, 6) is -0.198. The van der Waals surface area contributed by atoms with Gasteiger partial charge < -0.3 is 9.80 Å². The van der Waals surface area contributed by atoms with Crippen LogP contribution in [-0.4, -0.2) is 54.3 Å². The van der Waals surface area contributed by atoms with Gasteiger partial charge in [0.15, 0.2) is 0 Å². The number of carbonyl (C=O) groups excluding carboxylic acids is 3. The monoisotopic (exact) mass is 303 g/mol. The van der Waals surface area contributed by atoms with Gasteiger partial charge in [0, 0.05) is 32.2 Å². The van der Waals surface area contributed by atoms with Crippen molar-refractivity contribution in [2.24, 2.45) is 0 Å². The highest BCUT2D eigenvalue weighted by Crippen LogP contribution is 2.15. The fraction of sp³-hybridized carbons (Fsp3) is 0.438. The van der Waals surface area contributed by atoms with E-state index in [0.717, 1.165) is 5.69 Å². The Bertz CT molecular complexity index is 559. The predicted molar refractivity (Wildman–Crippen MR) is 83.4 cm³/mol. The zero-order valence-corrected chi connectivity index (χ0v) is 13.0. The van der Waals surface area contributed by atoms with Crippen LogP contribution in [0.25, 0.3) is 0 Å². The molecule has 2 rings (SSSR count). The second-order valence-electron chi connectivity index (χ2n) is 5.26. The zero-order chi connectivity index (χ0) is 16.1. The molecule has 1 aromatic carbocycles. The quantitative estimate of drug-likeness (QED) is 0.752. The number of benzene rings is 1. The summed E-state index contributed by atoms with van der Waals surface area (Å²) >= 11 is 0. The SMILES string of the molecule is CCN(C(=O)CCCN1C(=O)CN(C)C1=O)c1ccccc1. The first-order chi connectivity index (χ1) is 10.5. The number of imide groups is 1. The third-order valence-electron chi connectivity index (χ3n) is 3.69. The van der Waals surface area contributed by atoms with Gasteiger partial charge in [0.25, 0.3) is 0 Å². The normalized spacial score (nSPS) is 14.6. The van der Waals surface area contributed by atoms with Crippen LogP contribution in [0.4, 0.5) is 10.5 Å². The zero-order valence-electron chi connectivity index (χ0n) is 13.0. The molecule has 6 heteroatoms. The summed E-state index contributed by atoms with van der Waals surface area (Å²) in [6.07, 6.45) is 0.789. The smallest absolute Gasteiger partial charge is 0.318 e. The standard InChI is InChI=1S/C16H21N3O3/c1-3-18(13-8-5-4-6-9-13)14(20)10-7-11-19-15(21)12-17(2)16(19)22/h4-6,8-9H,3,7,10-12H2,1-2H3. The molecular formula is C16H21N3O3. The van der Waals surface area contributed by atoms with Gasteiger partial charge in [0.2, 0.25) is 11.8 Å². The van der Waals surface area contributed by atoms with Crippen molar-refractivity contribution in [2.45, 2.75) is 19.8 Å². The largest absolute Gasteiger partial charge is 0.326 e. The Morgan fingerprint density at radius 3 is 2.45 bits per heavy atom. The molecule has 1 aromatic rings. The number of urea groups is 1. The Kier molecular flexibility index (Phi) is 5.14. The van der Waals surface area contributed by atoms with Crippen LogP contribution >= 0.6 is 0 Å². The Balaban J connectivity index is 1.87.